The lowest BCUT2D eigenvalue weighted by atomic mass is 9.76. The van der Waals surface area contributed by atoms with Crippen LogP contribution < -0.4 is 4.74 Å². The summed E-state index contributed by atoms with van der Waals surface area (Å²) in [6, 6.07) is 11.8. The van der Waals surface area contributed by atoms with Gasteiger partial charge in [-0.3, -0.25) is 0 Å². The summed E-state index contributed by atoms with van der Waals surface area (Å²) < 4.78 is 6.08. The van der Waals surface area contributed by atoms with Crippen LogP contribution in [0.1, 0.15) is 105 Å². The van der Waals surface area contributed by atoms with E-state index >= 15 is 0 Å². The zero-order valence-corrected chi connectivity index (χ0v) is 21.8. The van der Waals surface area contributed by atoms with Crippen molar-refractivity contribution in [1.82, 2.24) is 0 Å². The highest BCUT2D eigenvalue weighted by Gasteiger charge is 2.28. The van der Waals surface area contributed by atoms with Gasteiger partial charge in [-0.25, -0.2) is 0 Å². The van der Waals surface area contributed by atoms with Crippen molar-refractivity contribution in [2.24, 2.45) is 0 Å². The van der Waals surface area contributed by atoms with Crippen LogP contribution in [0.4, 0.5) is 0 Å². The van der Waals surface area contributed by atoms with Crippen molar-refractivity contribution in [1.29, 1.82) is 0 Å². The monoisotopic (exact) mass is 408 g/mol. The lowest BCUT2D eigenvalue weighted by Gasteiger charge is -2.30. The largest absolute Gasteiger partial charge is 0.496 e. The molecule has 0 fully saturated rings. The molecule has 0 saturated carbocycles. The molecule has 2 rings (SSSR count). The minimum Gasteiger partial charge on any atom is -0.496 e. The molecular formula is C29H44O. The molecule has 0 unspecified atom stereocenters. The van der Waals surface area contributed by atoms with Crippen LogP contribution in [0.5, 0.6) is 5.75 Å². The molecule has 0 N–H and O–H groups in total. The third-order valence-corrected chi connectivity index (χ3v) is 5.94. The maximum absolute atomic E-state index is 6.08. The first kappa shape index (κ1) is 24.5. The number of benzene rings is 2. The molecule has 0 amide bonds. The Morgan fingerprint density at radius 2 is 0.900 bits per heavy atom. The first-order valence-corrected chi connectivity index (χ1v) is 11.2. The van der Waals surface area contributed by atoms with Crippen LogP contribution in [0.15, 0.2) is 30.3 Å². The van der Waals surface area contributed by atoms with Crippen LogP contribution in [0, 0.1) is 0 Å². The van der Waals surface area contributed by atoms with E-state index in [-0.39, 0.29) is 21.7 Å². The van der Waals surface area contributed by atoms with Crippen molar-refractivity contribution in [2.75, 3.05) is 7.11 Å². The highest BCUT2D eigenvalue weighted by Crippen LogP contribution is 2.44. The molecule has 0 aliphatic carbocycles. The molecule has 166 valence electrons. The number of rotatable bonds is 2. The average molecular weight is 409 g/mol. The van der Waals surface area contributed by atoms with Crippen LogP contribution in [0.2, 0.25) is 0 Å². The molecule has 30 heavy (non-hydrogen) atoms. The van der Waals surface area contributed by atoms with Gasteiger partial charge in [0.25, 0.3) is 0 Å². The molecular weight excluding hydrogens is 364 g/mol. The van der Waals surface area contributed by atoms with E-state index in [9.17, 15) is 0 Å². The van der Waals surface area contributed by atoms with E-state index < -0.39 is 0 Å². The van der Waals surface area contributed by atoms with Gasteiger partial charge in [-0.2, -0.15) is 0 Å². The van der Waals surface area contributed by atoms with Gasteiger partial charge in [0.15, 0.2) is 0 Å². The molecule has 0 bridgehead atoms. The van der Waals surface area contributed by atoms with Gasteiger partial charge in [0.05, 0.1) is 7.11 Å². The molecule has 0 heterocycles. The Labute approximate surface area is 186 Å². The third kappa shape index (κ3) is 5.29. The molecule has 0 spiro atoms. The number of hydrogen-bond donors (Lipinski definition) is 0. The smallest absolute Gasteiger partial charge is 0.130 e. The Balaban J connectivity index is 2.98. The Morgan fingerprint density at radius 1 is 0.500 bits per heavy atom. The zero-order valence-electron chi connectivity index (χ0n) is 21.8. The van der Waals surface area contributed by atoms with Crippen LogP contribution >= 0.6 is 0 Å². The van der Waals surface area contributed by atoms with E-state index in [0.29, 0.717) is 0 Å². The molecule has 1 nitrogen and oxygen atoms in total. The Morgan fingerprint density at radius 3 is 1.23 bits per heavy atom. The van der Waals surface area contributed by atoms with Crippen molar-refractivity contribution < 1.29 is 4.74 Å². The fraction of sp³-hybridized carbons (Fsp3) is 0.586. The van der Waals surface area contributed by atoms with Gasteiger partial charge in [-0.05, 0) is 50.0 Å². The van der Waals surface area contributed by atoms with E-state index in [2.05, 4.69) is 113 Å². The first-order chi connectivity index (χ1) is 13.4. The third-order valence-electron chi connectivity index (χ3n) is 5.94. The SMILES string of the molecule is COc1c(-c2cc(C(C)(C)C)cc(C(C)(C)C)c2)cc(C(C)(C)C)cc1C(C)(C)C. The lowest BCUT2D eigenvalue weighted by molar-refractivity contribution is 0.398. The highest BCUT2D eigenvalue weighted by atomic mass is 16.5. The van der Waals surface area contributed by atoms with Gasteiger partial charge in [-0.1, -0.05) is 107 Å². The predicted octanol–water partition coefficient (Wildman–Crippen LogP) is 8.55. The Bertz CT molecular complexity index is 871. The number of methoxy groups -OCH3 is 1. The topological polar surface area (TPSA) is 9.23 Å². The highest BCUT2D eigenvalue weighted by molar-refractivity contribution is 5.76. The molecule has 2 aromatic rings. The molecule has 0 aliphatic rings. The van der Waals surface area contributed by atoms with Crippen molar-refractivity contribution in [3.63, 3.8) is 0 Å². The summed E-state index contributed by atoms with van der Waals surface area (Å²) in [4.78, 5) is 0. The van der Waals surface area contributed by atoms with Crippen LogP contribution in [0.3, 0.4) is 0 Å². The summed E-state index contributed by atoms with van der Waals surface area (Å²) >= 11 is 0. The summed E-state index contributed by atoms with van der Waals surface area (Å²) in [5.41, 5.74) is 8.02. The fourth-order valence-corrected chi connectivity index (χ4v) is 3.70. The molecule has 0 aliphatic heterocycles. The maximum atomic E-state index is 6.08. The minimum absolute atomic E-state index is 0.00412. The summed E-state index contributed by atoms with van der Waals surface area (Å²) in [6.07, 6.45) is 0. The summed E-state index contributed by atoms with van der Waals surface area (Å²) in [7, 11) is 1.81. The van der Waals surface area contributed by atoms with Gasteiger partial charge in [-0.15, -0.1) is 0 Å². The van der Waals surface area contributed by atoms with Crippen molar-refractivity contribution in [3.8, 4) is 16.9 Å². The number of hydrogen-bond acceptors (Lipinski definition) is 1. The van der Waals surface area contributed by atoms with Gasteiger partial charge >= 0.3 is 0 Å². The summed E-state index contributed by atoms with van der Waals surface area (Å²) in [6.45, 7) is 27.4. The van der Waals surface area contributed by atoms with Crippen LogP contribution in [-0.4, -0.2) is 7.11 Å². The molecule has 0 aromatic heterocycles. The van der Waals surface area contributed by atoms with Crippen molar-refractivity contribution in [3.05, 3.63) is 52.6 Å². The standard InChI is InChI=1S/C29H44O/c1-26(2,3)20-14-19(15-21(16-20)27(4,5)6)23-17-22(28(7,8)9)18-24(25(23)30-13)29(10,11)12/h14-18H,1-13H3. The quantitative estimate of drug-likeness (QED) is 0.483. The summed E-state index contributed by atoms with van der Waals surface area (Å²) in [5.74, 6) is 1.00. The maximum Gasteiger partial charge on any atom is 0.130 e. The van der Waals surface area contributed by atoms with E-state index in [4.69, 9.17) is 4.74 Å². The molecule has 2 aromatic carbocycles. The van der Waals surface area contributed by atoms with E-state index in [0.717, 1.165) is 5.75 Å². The predicted molar refractivity (Wildman–Crippen MR) is 133 cm³/mol. The zero-order chi connectivity index (χ0) is 23.3. The van der Waals surface area contributed by atoms with Gasteiger partial charge < -0.3 is 4.74 Å². The van der Waals surface area contributed by atoms with E-state index in [1.807, 2.05) is 7.11 Å². The van der Waals surface area contributed by atoms with E-state index in [1.165, 1.54) is 33.4 Å². The molecule has 0 atom stereocenters. The Kier molecular flexibility index (Phi) is 6.32. The lowest BCUT2D eigenvalue weighted by Crippen LogP contribution is -2.19. The normalized spacial score (nSPS) is 13.5. The van der Waals surface area contributed by atoms with E-state index in [1.54, 1.807) is 0 Å². The molecule has 1 heteroatoms. The Hall–Kier alpha value is -1.76. The first-order valence-electron chi connectivity index (χ1n) is 11.2. The second-order valence-corrected chi connectivity index (χ2v) is 12.9. The van der Waals surface area contributed by atoms with Crippen molar-refractivity contribution >= 4 is 0 Å². The van der Waals surface area contributed by atoms with Gasteiger partial charge in [0.1, 0.15) is 5.75 Å². The second-order valence-electron chi connectivity index (χ2n) is 12.9. The second kappa shape index (κ2) is 7.74. The van der Waals surface area contributed by atoms with Gasteiger partial charge in [0.2, 0.25) is 0 Å². The molecule has 0 radical (unpaired) electrons. The van der Waals surface area contributed by atoms with Crippen LogP contribution in [0.25, 0.3) is 11.1 Å². The van der Waals surface area contributed by atoms with Crippen LogP contribution in [-0.2, 0) is 21.7 Å². The summed E-state index contributed by atoms with van der Waals surface area (Å²) in [5, 5.41) is 0. The number of ether oxygens (including phenoxy) is 1. The average Bonchev–Trinajstić information content (AvgIpc) is 2.57. The van der Waals surface area contributed by atoms with Crippen molar-refractivity contribution in [2.45, 2.75) is 105 Å². The minimum atomic E-state index is -0.00412. The fourth-order valence-electron chi connectivity index (χ4n) is 3.70. The van der Waals surface area contributed by atoms with Gasteiger partial charge in [0, 0.05) is 11.1 Å². The molecule has 0 saturated heterocycles.